The molecule has 0 bridgehead atoms. The molecule has 1 atom stereocenters. The Hall–Kier alpha value is -1.57. The summed E-state index contributed by atoms with van der Waals surface area (Å²) in [6, 6.07) is 8.29. The van der Waals surface area contributed by atoms with Gasteiger partial charge in [-0.1, -0.05) is 36.4 Å². The molecule has 1 aliphatic rings. The minimum absolute atomic E-state index is 0.130. The largest absolute Gasteiger partial charge is 0.465 e. The van der Waals surface area contributed by atoms with Crippen LogP contribution in [0.3, 0.4) is 0 Å². The molecule has 0 amide bonds. The van der Waals surface area contributed by atoms with Crippen LogP contribution in [0.4, 0.5) is 0 Å². The molecule has 1 unspecified atom stereocenters. The van der Waals surface area contributed by atoms with Gasteiger partial charge in [0.2, 0.25) is 0 Å². The van der Waals surface area contributed by atoms with Crippen molar-refractivity contribution < 1.29 is 9.53 Å². The lowest BCUT2D eigenvalue weighted by atomic mass is 9.87. The van der Waals surface area contributed by atoms with Gasteiger partial charge in [-0.05, 0) is 38.3 Å². The van der Waals surface area contributed by atoms with E-state index >= 15 is 0 Å². The van der Waals surface area contributed by atoms with Gasteiger partial charge in [-0.25, -0.2) is 0 Å². The summed E-state index contributed by atoms with van der Waals surface area (Å²) < 4.78 is 5.43. The van der Waals surface area contributed by atoms with E-state index in [0.29, 0.717) is 6.61 Å². The smallest absolute Gasteiger partial charge is 0.311 e. The van der Waals surface area contributed by atoms with Crippen molar-refractivity contribution in [2.24, 2.45) is 5.41 Å². The fourth-order valence-electron chi connectivity index (χ4n) is 2.07. The van der Waals surface area contributed by atoms with Crippen LogP contribution in [0.15, 0.2) is 30.3 Å². The van der Waals surface area contributed by atoms with E-state index in [9.17, 15) is 4.79 Å². The first-order chi connectivity index (χ1) is 8.48. The molecule has 0 N–H and O–H groups in total. The number of allylic oxidation sites excluding steroid dienone is 1. The summed E-state index contributed by atoms with van der Waals surface area (Å²) in [5, 5.41) is 0. The molecular weight excluding hydrogens is 224 g/mol. The SMILES string of the molecule is CC(C)(C)C(=O)OCC1CC=Cc2ccccc21. The molecule has 2 heteroatoms. The third-order valence-electron chi connectivity index (χ3n) is 3.18. The quantitative estimate of drug-likeness (QED) is 0.740. The molecule has 0 aromatic heterocycles. The number of benzene rings is 1. The van der Waals surface area contributed by atoms with Crippen LogP contribution in [0, 0.1) is 5.41 Å². The maximum Gasteiger partial charge on any atom is 0.311 e. The zero-order chi connectivity index (χ0) is 13.2. The first-order valence-electron chi connectivity index (χ1n) is 6.41. The highest BCUT2D eigenvalue weighted by Crippen LogP contribution is 2.30. The molecule has 1 aromatic rings. The van der Waals surface area contributed by atoms with Gasteiger partial charge < -0.3 is 4.74 Å². The first kappa shape index (κ1) is 12.9. The first-order valence-corrected chi connectivity index (χ1v) is 6.41. The van der Waals surface area contributed by atoms with Gasteiger partial charge in [0.1, 0.15) is 0 Å². The van der Waals surface area contributed by atoms with Gasteiger partial charge in [-0.3, -0.25) is 4.79 Å². The third kappa shape index (κ3) is 2.81. The summed E-state index contributed by atoms with van der Waals surface area (Å²) in [5.74, 6) is 0.159. The lowest BCUT2D eigenvalue weighted by molar-refractivity contribution is -0.153. The number of ether oxygens (including phenoxy) is 1. The highest BCUT2D eigenvalue weighted by Gasteiger charge is 2.25. The Labute approximate surface area is 109 Å². The zero-order valence-electron chi connectivity index (χ0n) is 11.3. The molecule has 1 aromatic carbocycles. The van der Waals surface area contributed by atoms with Gasteiger partial charge in [-0.2, -0.15) is 0 Å². The summed E-state index contributed by atoms with van der Waals surface area (Å²) in [5.41, 5.74) is 2.09. The van der Waals surface area contributed by atoms with Crippen LogP contribution in [0.2, 0.25) is 0 Å². The number of rotatable bonds is 2. The molecule has 1 aliphatic carbocycles. The molecule has 2 nitrogen and oxygen atoms in total. The van der Waals surface area contributed by atoms with Gasteiger partial charge in [0, 0.05) is 5.92 Å². The number of carbonyl (C=O) groups is 1. The topological polar surface area (TPSA) is 26.3 Å². The van der Waals surface area contributed by atoms with Gasteiger partial charge >= 0.3 is 5.97 Å². The van der Waals surface area contributed by atoms with E-state index in [2.05, 4.69) is 24.3 Å². The van der Waals surface area contributed by atoms with Crippen molar-refractivity contribution in [2.75, 3.05) is 6.61 Å². The van der Waals surface area contributed by atoms with Crippen LogP contribution in [-0.4, -0.2) is 12.6 Å². The monoisotopic (exact) mass is 244 g/mol. The average Bonchev–Trinajstić information content (AvgIpc) is 2.34. The van der Waals surface area contributed by atoms with Crippen LogP contribution in [-0.2, 0) is 9.53 Å². The molecule has 0 heterocycles. The van der Waals surface area contributed by atoms with E-state index in [0.717, 1.165) is 6.42 Å². The highest BCUT2D eigenvalue weighted by atomic mass is 16.5. The summed E-state index contributed by atoms with van der Waals surface area (Å²) in [4.78, 5) is 11.8. The van der Waals surface area contributed by atoms with Gasteiger partial charge in [-0.15, -0.1) is 0 Å². The fourth-order valence-corrected chi connectivity index (χ4v) is 2.07. The highest BCUT2D eigenvalue weighted by molar-refractivity contribution is 5.75. The van der Waals surface area contributed by atoms with E-state index in [1.165, 1.54) is 11.1 Å². The van der Waals surface area contributed by atoms with Crippen molar-refractivity contribution in [2.45, 2.75) is 33.1 Å². The van der Waals surface area contributed by atoms with E-state index in [-0.39, 0.29) is 11.9 Å². The minimum atomic E-state index is -0.427. The predicted molar refractivity (Wildman–Crippen MR) is 73.2 cm³/mol. The fraction of sp³-hybridized carbons (Fsp3) is 0.438. The maximum atomic E-state index is 11.8. The summed E-state index contributed by atoms with van der Waals surface area (Å²) in [6.45, 7) is 6.11. The summed E-state index contributed by atoms with van der Waals surface area (Å²) in [7, 11) is 0. The number of fused-ring (bicyclic) bond motifs is 1. The lowest BCUT2D eigenvalue weighted by Crippen LogP contribution is -2.25. The Morgan fingerprint density at radius 2 is 2.06 bits per heavy atom. The number of esters is 1. The van der Waals surface area contributed by atoms with Gasteiger partial charge in [0.15, 0.2) is 0 Å². The molecule has 96 valence electrons. The second kappa shape index (κ2) is 4.97. The van der Waals surface area contributed by atoms with E-state index in [1.54, 1.807) is 0 Å². The minimum Gasteiger partial charge on any atom is -0.465 e. The van der Waals surface area contributed by atoms with E-state index in [4.69, 9.17) is 4.74 Å². The van der Waals surface area contributed by atoms with Gasteiger partial charge in [0.05, 0.1) is 12.0 Å². The molecule has 0 aliphatic heterocycles. The van der Waals surface area contributed by atoms with Crippen LogP contribution in [0.25, 0.3) is 6.08 Å². The molecular formula is C16H20O2. The van der Waals surface area contributed by atoms with Gasteiger partial charge in [0.25, 0.3) is 0 Å². The van der Waals surface area contributed by atoms with Crippen LogP contribution >= 0.6 is 0 Å². The van der Waals surface area contributed by atoms with Crippen molar-refractivity contribution in [3.63, 3.8) is 0 Å². The van der Waals surface area contributed by atoms with Crippen LogP contribution < -0.4 is 0 Å². The Morgan fingerprint density at radius 3 is 2.78 bits per heavy atom. The lowest BCUT2D eigenvalue weighted by Gasteiger charge is -2.23. The molecule has 0 radical (unpaired) electrons. The van der Waals surface area contributed by atoms with Crippen molar-refractivity contribution in [3.8, 4) is 0 Å². The zero-order valence-corrected chi connectivity index (χ0v) is 11.3. The molecule has 0 saturated heterocycles. The Balaban J connectivity index is 2.04. The van der Waals surface area contributed by atoms with Crippen molar-refractivity contribution in [1.82, 2.24) is 0 Å². The second-order valence-corrected chi connectivity index (χ2v) is 5.81. The number of hydrogen-bond acceptors (Lipinski definition) is 2. The maximum absolute atomic E-state index is 11.8. The van der Waals surface area contributed by atoms with Crippen molar-refractivity contribution in [3.05, 3.63) is 41.5 Å². The molecule has 18 heavy (non-hydrogen) atoms. The Morgan fingerprint density at radius 1 is 1.33 bits per heavy atom. The normalized spacial score (nSPS) is 18.3. The Bertz CT molecular complexity index is 466. The van der Waals surface area contributed by atoms with Crippen molar-refractivity contribution in [1.29, 1.82) is 0 Å². The summed E-state index contributed by atoms with van der Waals surface area (Å²) in [6.07, 6.45) is 5.23. The molecule has 0 spiro atoms. The summed E-state index contributed by atoms with van der Waals surface area (Å²) >= 11 is 0. The van der Waals surface area contributed by atoms with Crippen molar-refractivity contribution >= 4 is 12.0 Å². The number of hydrogen-bond donors (Lipinski definition) is 0. The van der Waals surface area contributed by atoms with Crippen LogP contribution in [0.1, 0.15) is 44.2 Å². The van der Waals surface area contributed by atoms with Crippen LogP contribution in [0.5, 0.6) is 0 Å². The van der Waals surface area contributed by atoms with E-state index in [1.807, 2.05) is 32.9 Å². The predicted octanol–water partition coefficient (Wildman–Crippen LogP) is 3.78. The number of carbonyl (C=O) groups excluding carboxylic acids is 1. The van der Waals surface area contributed by atoms with E-state index < -0.39 is 5.41 Å². The molecule has 2 rings (SSSR count). The average molecular weight is 244 g/mol. The molecule has 0 saturated carbocycles. The Kier molecular flexibility index (Phi) is 3.55. The standard InChI is InChI=1S/C16H20O2/c1-16(2,3)15(17)18-11-13-9-6-8-12-7-4-5-10-14(12)13/h4-8,10,13H,9,11H2,1-3H3. The third-order valence-corrected chi connectivity index (χ3v) is 3.18. The molecule has 0 fully saturated rings. The second-order valence-electron chi connectivity index (χ2n) is 5.81.